The highest BCUT2D eigenvalue weighted by Crippen LogP contribution is 2.48. The summed E-state index contributed by atoms with van der Waals surface area (Å²) in [6.07, 6.45) is 2.72. The normalized spacial score (nSPS) is 15.4. The van der Waals surface area contributed by atoms with Crippen LogP contribution in [-0.2, 0) is 9.59 Å². The second kappa shape index (κ2) is 14.7. The molecule has 2 aliphatic heterocycles. The maximum absolute atomic E-state index is 12.3. The van der Waals surface area contributed by atoms with E-state index in [2.05, 4.69) is 51.1 Å². The molecule has 0 aliphatic carbocycles. The summed E-state index contributed by atoms with van der Waals surface area (Å²) in [5.41, 5.74) is 3.20. The van der Waals surface area contributed by atoms with Crippen molar-refractivity contribution >= 4 is 40.9 Å². The maximum Gasteiger partial charge on any atom is 0.328 e. The number of aliphatic hydroxyl groups excluding tert-OH is 1. The molecule has 0 radical (unpaired) electrons. The first-order chi connectivity index (χ1) is 18.3. The molecule has 38 heavy (non-hydrogen) atoms. The Kier molecular flexibility index (Phi) is 11.3. The highest BCUT2D eigenvalue weighted by Gasteiger charge is 2.24. The van der Waals surface area contributed by atoms with Crippen LogP contribution in [0.2, 0.25) is 0 Å². The Bertz CT molecular complexity index is 1130. The number of anilines is 2. The molecule has 2 aromatic carbocycles. The van der Waals surface area contributed by atoms with Crippen LogP contribution in [0.3, 0.4) is 0 Å². The molecule has 0 unspecified atom stereocenters. The predicted octanol–water partition coefficient (Wildman–Crippen LogP) is 3.59. The molecule has 204 valence electrons. The van der Waals surface area contributed by atoms with Crippen LogP contribution < -0.4 is 4.90 Å². The SMILES string of the molecule is CCC(=O)c1ccc2c(c1)N(CCCN1CCN(CCO)CC1)c1ccccc1S2.O=C(O)/C=C/C(=O)O. The minimum Gasteiger partial charge on any atom is -0.478 e. The van der Waals surface area contributed by atoms with Gasteiger partial charge in [0, 0.05) is 73.2 Å². The van der Waals surface area contributed by atoms with Gasteiger partial charge in [-0.1, -0.05) is 36.9 Å². The average Bonchev–Trinajstić information content (AvgIpc) is 2.92. The van der Waals surface area contributed by atoms with Crippen LogP contribution in [0.4, 0.5) is 11.4 Å². The highest BCUT2D eigenvalue weighted by molar-refractivity contribution is 7.99. The number of hydrogen-bond acceptors (Lipinski definition) is 8. The summed E-state index contributed by atoms with van der Waals surface area (Å²) in [6.45, 7) is 9.16. The van der Waals surface area contributed by atoms with E-state index >= 15 is 0 Å². The molecule has 0 spiro atoms. The van der Waals surface area contributed by atoms with Gasteiger partial charge in [-0.3, -0.25) is 9.69 Å². The van der Waals surface area contributed by atoms with E-state index in [1.165, 1.54) is 15.5 Å². The summed E-state index contributed by atoms with van der Waals surface area (Å²) in [7, 11) is 0. The summed E-state index contributed by atoms with van der Waals surface area (Å²) in [4.78, 5) is 41.2. The molecular weight excluding hydrogens is 506 g/mol. The molecule has 4 rings (SSSR count). The zero-order chi connectivity index (χ0) is 27.5. The van der Waals surface area contributed by atoms with Gasteiger partial charge in [0.15, 0.2) is 5.78 Å². The van der Waals surface area contributed by atoms with Gasteiger partial charge in [-0.2, -0.15) is 0 Å². The number of aliphatic carboxylic acids is 2. The van der Waals surface area contributed by atoms with Crippen LogP contribution in [-0.4, -0.2) is 95.3 Å². The number of para-hydroxylation sites is 1. The number of aliphatic hydroxyl groups is 1. The van der Waals surface area contributed by atoms with E-state index in [1.54, 1.807) is 11.8 Å². The molecule has 2 aliphatic rings. The predicted molar refractivity (Wildman–Crippen MR) is 148 cm³/mol. The summed E-state index contributed by atoms with van der Waals surface area (Å²) in [5.74, 6) is -2.32. The van der Waals surface area contributed by atoms with Gasteiger partial charge in [-0.05, 0) is 37.2 Å². The molecule has 2 aromatic rings. The third-order valence-corrected chi connectivity index (χ3v) is 7.50. The van der Waals surface area contributed by atoms with Crippen LogP contribution in [0.5, 0.6) is 0 Å². The molecule has 9 nitrogen and oxygen atoms in total. The molecule has 2 heterocycles. The number of ketones is 1. The van der Waals surface area contributed by atoms with Gasteiger partial charge in [-0.15, -0.1) is 0 Å². The zero-order valence-electron chi connectivity index (χ0n) is 21.6. The van der Waals surface area contributed by atoms with Crippen LogP contribution in [0.15, 0.2) is 64.4 Å². The number of fused-ring (bicyclic) bond motifs is 2. The third kappa shape index (κ3) is 8.42. The largest absolute Gasteiger partial charge is 0.478 e. The van der Waals surface area contributed by atoms with Crippen molar-refractivity contribution in [1.29, 1.82) is 0 Å². The van der Waals surface area contributed by atoms with Gasteiger partial charge >= 0.3 is 11.9 Å². The van der Waals surface area contributed by atoms with E-state index in [0.29, 0.717) is 18.6 Å². The van der Waals surface area contributed by atoms with Crippen molar-refractivity contribution in [2.75, 3.05) is 57.3 Å². The number of rotatable bonds is 10. The van der Waals surface area contributed by atoms with Gasteiger partial charge in [0.1, 0.15) is 0 Å². The molecule has 0 aromatic heterocycles. The van der Waals surface area contributed by atoms with Crippen molar-refractivity contribution in [2.24, 2.45) is 0 Å². The Balaban J connectivity index is 0.000000436. The molecule has 0 atom stereocenters. The second-order valence-corrected chi connectivity index (χ2v) is 10.0. The molecule has 0 saturated carbocycles. The highest BCUT2D eigenvalue weighted by atomic mass is 32.2. The third-order valence-electron chi connectivity index (χ3n) is 6.37. The fourth-order valence-corrected chi connectivity index (χ4v) is 5.50. The standard InChI is InChI=1S/C24H31N3O2S.C4H4O4/c1-2-22(29)19-8-9-24-21(18-19)27(20-6-3-4-7-23(20)30-24)11-5-10-25-12-14-26(15-13-25)16-17-28;5-3(6)1-2-4(7)8/h3-4,6-9,18,28H,2,5,10-17H2,1H3;1-2H,(H,5,6)(H,7,8)/b;2-1+. The fraction of sp³-hybridized carbons (Fsp3) is 0.393. The number of carbonyl (C=O) groups is 3. The molecule has 1 saturated heterocycles. The molecule has 3 N–H and O–H groups in total. The molecule has 0 amide bonds. The number of carboxylic acid groups (broad SMARTS) is 2. The van der Waals surface area contributed by atoms with Crippen LogP contribution >= 0.6 is 11.8 Å². The van der Waals surface area contributed by atoms with Crippen molar-refractivity contribution in [1.82, 2.24) is 9.80 Å². The lowest BCUT2D eigenvalue weighted by Gasteiger charge is -2.36. The number of piperazine rings is 1. The fourth-order valence-electron chi connectivity index (χ4n) is 4.42. The first-order valence-corrected chi connectivity index (χ1v) is 13.5. The number of carboxylic acids is 2. The first-order valence-electron chi connectivity index (χ1n) is 12.7. The minimum atomic E-state index is -1.26. The van der Waals surface area contributed by atoms with E-state index in [9.17, 15) is 14.4 Å². The van der Waals surface area contributed by atoms with Gasteiger partial charge in [0.2, 0.25) is 0 Å². The van der Waals surface area contributed by atoms with Gasteiger partial charge in [0.05, 0.1) is 18.0 Å². The lowest BCUT2D eigenvalue weighted by molar-refractivity contribution is -0.134. The van der Waals surface area contributed by atoms with Gasteiger partial charge in [0.25, 0.3) is 0 Å². The number of β-amino-alcohol motifs (C(OH)–C–C–N with tert-alkyl or cyclic N) is 1. The van der Waals surface area contributed by atoms with Crippen molar-refractivity contribution in [3.05, 3.63) is 60.2 Å². The van der Waals surface area contributed by atoms with Crippen LogP contribution in [0, 0.1) is 0 Å². The Hall–Kier alpha value is -3.18. The van der Waals surface area contributed by atoms with Crippen molar-refractivity contribution in [2.45, 2.75) is 29.6 Å². The number of Topliss-reactive ketones (excluding diaryl/α,β-unsaturated/α-hetero) is 1. The number of hydrogen-bond donors (Lipinski definition) is 3. The quantitative estimate of drug-likeness (QED) is 0.304. The lowest BCUT2D eigenvalue weighted by Crippen LogP contribution is -2.47. The molecule has 10 heteroatoms. The number of nitrogens with zero attached hydrogens (tertiary/aromatic N) is 3. The van der Waals surface area contributed by atoms with E-state index in [4.69, 9.17) is 15.3 Å². The topological polar surface area (TPSA) is 122 Å². The zero-order valence-corrected chi connectivity index (χ0v) is 22.4. The van der Waals surface area contributed by atoms with Crippen molar-refractivity contribution in [3.63, 3.8) is 0 Å². The molecular formula is C28H35N3O6S. The van der Waals surface area contributed by atoms with Crippen molar-refractivity contribution < 1.29 is 29.7 Å². The second-order valence-electron chi connectivity index (χ2n) is 8.95. The Morgan fingerprint density at radius 2 is 1.45 bits per heavy atom. The molecule has 0 bridgehead atoms. The summed E-state index contributed by atoms with van der Waals surface area (Å²) < 4.78 is 0. The first kappa shape index (κ1) is 29.4. The Labute approximate surface area is 227 Å². The minimum absolute atomic E-state index is 0.197. The van der Waals surface area contributed by atoms with Gasteiger partial charge < -0.3 is 25.1 Å². The maximum atomic E-state index is 12.3. The van der Waals surface area contributed by atoms with E-state index in [0.717, 1.165) is 63.5 Å². The van der Waals surface area contributed by atoms with Gasteiger partial charge in [-0.25, -0.2) is 9.59 Å². The lowest BCUT2D eigenvalue weighted by atomic mass is 10.1. The molecule has 1 fully saturated rings. The van der Waals surface area contributed by atoms with E-state index < -0.39 is 11.9 Å². The summed E-state index contributed by atoms with van der Waals surface area (Å²) >= 11 is 1.79. The monoisotopic (exact) mass is 541 g/mol. The Morgan fingerprint density at radius 3 is 2.05 bits per heavy atom. The van der Waals surface area contributed by atoms with Crippen LogP contribution in [0.1, 0.15) is 30.1 Å². The summed E-state index contributed by atoms with van der Waals surface area (Å²) in [6, 6.07) is 14.7. The average molecular weight is 542 g/mol. The number of benzene rings is 2. The van der Waals surface area contributed by atoms with Crippen LogP contribution in [0.25, 0.3) is 0 Å². The van der Waals surface area contributed by atoms with Crippen molar-refractivity contribution in [3.8, 4) is 0 Å². The summed E-state index contributed by atoms with van der Waals surface area (Å²) in [5, 5.41) is 24.7. The smallest absolute Gasteiger partial charge is 0.328 e. The van der Waals surface area contributed by atoms with E-state index in [1.807, 2.05) is 13.0 Å². The van der Waals surface area contributed by atoms with E-state index in [-0.39, 0.29) is 12.4 Å². The Morgan fingerprint density at radius 1 is 0.842 bits per heavy atom. The number of carbonyl (C=O) groups excluding carboxylic acids is 1.